The molecule has 4 heteroatoms. The third-order valence-electron chi connectivity index (χ3n) is 2.24. The number of imidazole rings is 1. The number of amides is 1. The van der Waals surface area contributed by atoms with E-state index >= 15 is 0 Å². The minimum absolute atomic E-state index is 0.0596. The highest BCUT2D eigenvalue weighted by Crippen LogP contribution is 2.21. The Bertz CT molecular complexity index is 305. The summed E-state index contributed by atoms with van der Waals surface area (Å²) >= 11 is 0. The lowest BCUT2D eigenvalue weighted by atomic mass is 10.0. The summed E-state index contributed by atoms with van der Waals surface area (Å²) in [4.78, 5) is 18.3. The number of carbonyl (C=O) groups excluding carboxylic acids is 1. The van der Waals surface area contributed by atoms with Gasteiger partial charge in [-0.05, 0) is 6.42 Å². The van der Waals surface area contributed by atoms with E-state index in [1.165, 1.54) is 0 Å². The second kappa shape index (κ2) is 2.62. The van der Waals surface area contributed by atoms with Crippen molar-refractivity contribution in [3.8, 4) is 0 Å². The largest absolute Gasteiger partial charge is 0.351 e. The molecule has 1 unspecified atom stereocenters. The summed E-state index contributed by atoms with van der Waals surface area (Å²) in [6.07, 6.45) is 2.55. The third kappa shape index (κ3) is 0.995. The molecule has 0 saturated carbocycles. The van der Waals surface area contributed by atoms with E-state index in [1.54, 1.807) is 6.33 Å². The fraction of sp³-hybridized carbons (Fsp3) is 0.500. The first-order chi connectivity index (χ1) is 5.79. The minimum atomic E-state index is -0.0596. The molecule has 2 heterocycles. The van der Waals surface area contributed by atoms with Gasteiger partial charge < -0.3 is 10.3 Å². The van der Waals surface area contributed by atoms with Gasteiger partial charge in [0.2, 0.25) is 0 Å². The van der Waals surface area contributed by atoms with Crippen LogP contribution >= 0.6 is 0 Å². The average Bonchev–Trinajstić information content (AvgIpc) is 2.47. The van der Waals surface area contributed by atoms with Crippen LogP contribution in [0.5, 0.6) is 0 Å². The Hall–Kier alpha value is -1.32. The fourth-order valence-electron chi connectivity index (χ4n) is 1.49. The van der Waals surface area contributed by atoms with E-state index < -0.39 is 0 Å². The van der Waals surface area contributed by atoms with E-state index in [0.29, 0.717) is 11.6 Å². The van der Waals surface area contributed by atoms with E-state index in [4.69, 9.17) is 0 Å². The fourth-order valence-corrected chi connectivity index (χ4v) is 1.49. The van der Waals surface area contributed by atoms with Crippen LogP contribution in [0.1, 0.15) is 35.4 Å². The number of nitrogens with one attached hydrogen (secondary N) is 2. The third-order valence-corrected chi connectivity index (χ3v) is 2.24. The molecule has 0 saturated heterocycles. The van der Waals surface area contributed by atoms with E-state index in [9.17, 15) is 4.79 Å². The molecule has 12 heavy (non-hydrogen) atoms. The number of fused-ring (bicyclic) bond motifs is 1. The molecule has 0 aliphatic carbocycles. The van der Waals surface area contributed by atoms with E-state index in [-0.39, 0.29) is 5.91 Å². The quantitative estimate of drug-likeness (QED) is 0.593. The van der Waals surface area contributed by atoms with Crippen molar-refractivity contribution in [3.05, 3.63) is 17.7 Å². The molecule has 0 radical (unpaired) electrons. The molecule has 4 nitrogen and oxygen atoms in total. The van der Waals surface area contributed by atoms with Crippen molar-refractivity contribution in [3.63, 3.8) is 0 Å². The van der Waals surface area contributed by atoms with Crippen LogP contribution in [0.25, 0.3) is 0 Å². The van der Waals surface area contributed by atoms with Gasteiger partial charge in [-0.2, -0.15) is 0 Å². The van der Waals surface area contributed by atoms with Crippen LogP contribution < -0.4 is 5.32 Å². The summed E-state index contributed by atoms with van der Waals surface area (Å²) < 4.78 is 0. The Morgan fingerprint density at radius 2 is 2.50 bits per heavy atom. The molecule has 1 atom stereocenters. The summed E-state index contributed by atoms with van der Waals surface area (Å²) in [6, 6.07) is 0. The predicted molar refractivity (Wildman–Crippen MR) is 44.0 cm³/mol. The van der Waals surface area contributed by atoms with Crippen LogP contribution in [-0.2, 0) is 0 Å². The van der Waals surface area contributed by atoms with Crippen LogP contribution in [0.15, 0.2) is 6.33 Å². The van der Waals surface area contributed by atoms with Gasteiger partial charge in [0.15, 0.2) is 0 Å². The zero-order valence-corrected chi connectivity index (χ0v) is 6.92. The topological polar surface area (TPSA) is 57.8 Å². The summed E-state index contributed by atoms with van der Waals surface area (Å²) in [5.41, 5.74) is 1.52. The van der Waals surface area contributed by atoms with Gasteiger partial charge in [-0.15, -0.1) is 0 Å². The van der Waals surface area contributed by atoms with E-state index in [0.717, 1.165) is 18.7 Å². The normalized spacial score (nSPS) is 22.8. The van der Waals surface area contributed by atoms with Crippen LogP contribution in [0.4, 0.5) is 0 Å². The maximum absolute atomic E-state index is 11.3. The van der Waals surface area contributed by atoms with Crippen molar-refractivity contribution in [2.45, 2.75) is 19.3 Å². The Kier molecular flexibility index (Phi) is 1.60. The van der Waals surface area contributed by atoms with Gasteiger partial charge in [-0.3, -0.25) is 4.79 Å². The summed E-state index contributed by atoms with van der Waals surface area (Å²) in [5.74, 6) is 0.331. The van der Waals surface area contributed by atoms with Gasteiger partial charge in [-0.1, -0.05) is 6.92 Å². The number of carbonyl (C=O) groups is 1. The van der Waals surface area contributed by atoms with Gasteiger partial charge in [0, 0.05) is 12.5 Å². The van der Waals surface area contributed by atoms with Crippen LogP contribution in [0.3, 0.4) is 0 Å². The number of aromatic amines is 1. The van der Waals surface area contributed by atoms with Crippen molar-refractivity contribution >= 4 is 5.91 Å². The van der Waals surface area contributed by atoms with Crippen molar-refractivity contribution in [2.75, 3.05) is 6.54 Å². The SMILES string of the molecule is CC1CCNC(=O)c2nc[nH]c21. The smallest absolute Gasteiger partial charge is 0.271 e. The van der Waals surface area contributed by atoms with Crippen LogP contribution in [0.2, 0.25) is 0 Å². The summed E-state index contributed by atoms with van der Waals surface area (Å²) in [5, 5.41) is 2.80. The van der Waals surface area contributed by atoms with Gasteiger partial charge >= 0.3 is 0 Å². The first-order valence-electron chi connectivity index (χ1n) is 4.10. The predicted octanol–water partition coefficient (Wildman–Crippen LogP) is 0.647. The van der Waals surface area contributed by atoms with Crippen LogP contribution in [0, 0.1) is 0 Å². The number of hydrogen-bond acceptors (Lipinski definition) is 2. The number of H-pyrrole nitrogens is 1. The molecular formula is C8H11N3O. The summed E-state index contributed by atoms with van der Waals surface area (Å²) in [7, 11) is 0. The lowest BCUT2D eigenvalue weighted by Crippen LogP contribution is -2.22. The van der Waals surface area contributed by atoms with Crippen molar-refractivity contribution in [1.82, 2.24) is 15.3 Å². The standard InChI is InChI=1S/C8H11N3O/c1-5-2-3-9-8(12)7-6(5)10-4-11-7/h4-5H,2-3H2,1H3,(H,9,12)(H,10,11). The van der Waals surface area contributed by atoms with Crippen molar-refractivity contribution < 1.29 is 4.79 Å². The molecule has 2 rings (SSSR count). The Balaban J connectivity index is 2.45. The van der Waals surface area contributed by atoms with Gasteiger partial charge in [0.25, 0.3) is 5.91 Å². The summed E-state index contributed by atoms with van der Waals surface area (Å²) in [6.45, 7) is 2.83. The van der Waals surface area contributed by atoms with Gasteiger partial charge in [0.1, 0.15) is 5.69 Å². The first kappa shape index (κ1) is 7.34. The molecule has 64 valence electrons. The Morgan fingerprint density at radius 3 is 3.33 bits per heavy atom. The minimum Gasteiger partial charge on any atom is -0.351 e. The maximum atomic E-state index is 11.3. The van der Waals surface area contributed by atoms with Gasteiger partial charge in [0.05, 0.1) is 12.0 Å². The Morgan fingerprint density at radius 1 is 1.67 bits per heavy atom. The number of aromatic nitrogens is 2. The zero-order valence-electron chi connectivity index (χ0n) is 6.92. The van der Waals surface area contributed by atoms with Crippen LogP contribution in [-0.4, -0.2) is 22.4 Å². The zero-order chi connectivity index (χ0) is 8.55. The second-order valence-corrected chi connectivity index (χ2v) is 3.11. The maximum Gasteiger partial charge on any atom is 0.271 e. The first-order valence-corrected chi connectivity index (χ1v) is 4.10. The Labute approximate surface area is 70.4 Å². The highest BCUT2D eigenvalue weighted by Gasteiger charge is 2.21. The molecule has 0 aromatic carbocycles. The average molecular weight is 165 g/mol. The monoisotopic (exact) mass is 165 g/mol. The molecule has 0 spiro atoms. The van der Waals surface area contributed by atoms with Crippen molar-refractivity contribution in [1.29, 1.82) is 0 Å². The molecular weight excluding hydrogens is 154 g/mol. The highest BCUT2D eigenvalue weighted by atomic mass is 16.1. The molecule has 1 amide bonds. The number of nitrogens with zero attached hydrogens (tertiary/aromatic N) is 1. The van der Waals surface area contributed by atoms with E-state index in [1.807, 2.05) is 0 Å². The van der Waals surface area contributed by atoms with Gasteiger partial charge in [-0.25, -0.2) is 4.98 Å². The lowest BCUT2D eigenvalue weighted by molar-refractivity contribution is 0.0951. The molecule has 0 fully saturated rings. The highest BCUT2D eigenvalue weighted by molar-refractivity contribution is 5.93. The molecule has 1 aromatic rings. The molecule has 1 aliphatic heterocycles. The van der Waals surface area contributed by atoms with Crippen molar-refractivity contribution in [2.24, 2.45) is 0 Å². The number of rotatable bonds is 0. The molecule has 2 N–H and O–H groups in total. The lowest BCUT2D eigenvalue weighted by Gasteiger charge is -2.04. The molecule has 1 aromatic heterocycles. The number of hydrogen-bond donors (Lipinski definition) is 2. The molecule has 0 bridgehead atoms. The van der Waals surface area contributed by atoms with E-state index in [2.05, 4.69) is 22.2 Å². The second-order valence-electron chi connectivity index (χ2n) is 3.11. The molecule has 1 aliphatic rings.